The highest BCUT2D eigenvalue weighted by molar-refractivity contribution is 5.84. The third-order valence-electron chi connectivity index (χ3n) is 6.65. The summed E-state index contributed by atoms with van der Waals surface area (Å²) in [6, 6.07) is 1.75. The van der Waals surface area contributed by atoms with Gasteiger partial charge in [-0.1, -0.05) is 6.92 Å². The number of rotatable bonds is 5. The maximum atomic E-state index is 13.0. The van der Waals surface area contributed by atoms with Gasteiger partial charge in [-0.05, 0) is 31.7 Å². The van der Waals surface area contributed by atoms with Crippen LogP contribution in [0.4, 0.5) is 5.95 Å². The molecule has 27 heavy (non-hydrogen) atoms. The van der Waals surface area contributed by atoms with Gasteiger partial charge in [0.1, 0.15) is 0 Å². The lowest BCUT2D eigenvalue weighted by Gasteiger charge is -2.36. The van der Waals surface area contributed by atoms with Gasteiger partial charge in [0.05, 0.1) is 12.0 Å². The number of anilines is 1. The lowest BCUT2D eigenvalue weighted by atomic mass is 9.72. The number of carboxylic acids is 1. The van der Waals surface area contributed by atoms with E-state index in [2.05, 4.69) is 19.8 Å². The molecule has 4 rings (SSSR count). The number of carbonyl (C=O) groups is 2. The van der Waals surface area contributed by atoms with Crippen molar-refractivity contribution in [3.63, 3.8) is 0 Å². The summed E-state index contributed by atoms with van der Waals surface area (Å²) in [4.78, 5) is 39.7. The first-order valence-corrected chi connectivity index (χ1v) is 9.84. The summed E-state index contributed by atoms with van der Waals surface area (Å²) in [5, 5.41) is 9.78. The first-order chi connectivity index (χ1) is 13.0. The number of piperazine rings is 1. The van der Waals surface area contributed by atoms with E-state index in [4.69, 9.17) is 0 Å². The Morgan fingerprint density at radius 2 is 1.89 bits per heavy atom. The second-order valence-electron chi connectivity index (χ2n) is 7.88. The first kappa shape index (κ1) is 18.2. The molecule has 0 spiro atoms. The van der Waals surface area contributed by atoms with Crippen molar-refractivity contribution in [3.8, 4) is 0 Å². The number of carboxylic acid groups (broad SMARTS) is 1. The summed E-state index contributed by atoms with van der Waals surface area (Å²) < 4.78 is 0. The SMILES string of the molecule is CC[C@@]1(C(=O)O)C[C@@H]2CC[C@H]1N2C(=O)CN1CCN(c2ncccn2)CC1. The van der Waals surface area contributed by atoms with Gasteiger partial charge >= 0.3 is 5.97 Å². The van der Waals surface area contributed by atoms with Gasteiger partial charge < -0.3 is 14.9 Å². The van der Waals surface area contributed by atoms with E-state index in [1.165, 1.54) is 0 Å². The van der Waals surface area contributed by atoms with Crippen LogP contribution < -0.4 is 4.90 Å². The molecule has 1 aromatic heterocycles. The zero-order chi connectivity index (χ0) is 19.0. The van der Waals surface area contributed by atoms with Crippen LogP contribution >= 0.6 is 0 Å². The van der Waals surface area contributed by atoms with Gasteiger partial charge in [-0.25, -0.2) is 9.97 Å². The summed E-state index contributed by atoms with van der Waals surface area (Å²) in [6.07, 6.45) is 6.42. The normalized spacial score (nSPS) is 30.7. The number of carbonyl (C=O) groups excluding carboxylic acids is 1. The van der Waals surface area contributed by atoms with Crippen molar-refractivity contribution < 1.29 is 14.7 Å². The molecule has 4 heterocycles. The van der Waals surface area contributed by atoms with Crippen LogP contribution in [0.25, 0.3) is 0 Å². The maximum Gasteiger partial charge on any atom is 0.311 e. The molecule has 3 fully saturated rings. The molecule has 0 aliphatic carbocycles. The molecule has 2 bridgehead atoms. The molecule has 3 aliphatic rings. The average Bonchev–Trinajstić information content (AvgIpc) is 3.26. The van der Waals surface area contributed by atoms with Crippen molar-refractivity contribution in [1.82, 2.24) is 19.8 Å². The van der Waals surface area contributed by atoms with Crippen molar-refractivity contribution in [2.24, 2.45) is 5.41 Å². The number of aliphatic carboxylic acids is 1. The van der Waals surface area contributed by atoms with E-state index in [0.29, 0.717) is 19.4 Å². The van der Waals surface area contributed by atoms with E-state index in [0.717, 1.165) is 45.0 Å². The Kier molecular flexibility index (Phi) is 4.75. The van der Waals surface area contributed by atoms with Crippen molar-refractivity contribution in [1.29, 1.82) is 0 Å². The van der Waals surface area contributed by atoms with Crippen molar-refractivity contribution >= 4 is 17.8 Å². The van der Waals surface area contributed by atoms with Crippen LogP contribution in [-0.2, 0) is 9.59 Å². The quantitative estimate of drug-likeness (QED) is 0.818. The minimum Gasteiger partial charge on any atom is -0.481 e. The fourth-order valence-corrected chi connectivity index (χ4v) is 5.15. The summed E-state index contributed by atoms with van der Waals surface area (Å²) >= 11 is 0. The molecule has 1 aromatic rings. The Balaban J connectivity index is 1.36. The number of fused-ring (bicyclic) bond motifs is 2. The minimum absolute atomic E-state index is 0.0866. The number of aromatic nitrogens is 2. The molecule has 146 valence electrons. The zero-order valence-corrected chi connectivity index (χ0v) is 15.8. The molecule has 0 unspecified atom stereocenters. The third kappa shape index (κ3) is 3.05. The van der Waals surface area contributed by atoms with Crippen LogP contribution in [0.1, 0.15) is 32.6 Å². The number of hydrogen-bond donors (Lipinski definition) is 1. The Labute approximate surface area is 159 Å². The Hall–Kier alpha value is -2.22. The van der Waals surface area contributed by atoms with E-state index in [1.807, 2.05) is 11.8 Å². The van der Waals surface area contributed by atoms with Gasteiger partial charge in [-0.15, -0.1) is 0 Å². The standard InChI is InChI=1S/C19H27N5O3/c1-2-19(17(26)27)12-14-4-5-15(19)24(14)16(25)13-22-8-10-23(11-9-22)18-20-6-3-7-21-18/h3,6-7,14-15H,2,4-5,8-13H2,1H3,(H,26,27)/t14-,15+,19+/m0/s1. The van der Waals surface area contributed by atoms with Crippen LogP contribution in [0.3, 0.4) is 0 Å². The summed E-state index contributed by atoms with van der Waals surface area (Å²) in [5.41, 5.74) is -0.748. The molecule has 0 saturated carbocycles. The van der Waals surface area contributed by atoms with Crippen LogP contribution in [0.15, 0.2) is 18.5 Å². The fraction of sp³-hybridized carbons (Fsp3) is 0.684. The summed E-state index contributed by atoms with van der Waals surface area (Å²) in [7, 11) is 0. The second kappa shape index (κ2) is 7.07. The monoisotopic (exact) mass is 373 g/mol. The molecule has 0 radical (unpaired) electrons. The van der Waals surface area contributed by atoms with Crippen molar-refractivity contribution in [2.75, 3.05) is 37.6 Å². The molecule has 3 saturated heterocycles. The number of amides is 1. The molecular weight excluding hydrogens is 346 g/mol. The van der Waals surface area contributed by atoms with Crippen molar-refractivity contribution in [2.45, 2.75) is 44.7 Å². The predicted octanol–water partition coefficient (Wildman–Crippen LogP) is 0.843. The van der Waals surface area contributed by atoms with E-state index >= 15 is 0 Å². The van der Waals surface area contributed by atoms with Gasteiger partial charge in [0.2, 0.25) is 11.9 Å². The fourth-order valence-electron chi connectivity index (χ4n) is 5.15. The van der Waals surface area contributed by atoms with Crippen LogP contribution in [-0.4, -0.2) is 81.6 Å². The van der Waals surface area contributed by atoms with Crippen LogP contribution in [0, 0.1) is 5.41 Å². The first-order valence-electron chi connectivity index (χ1n) is 9.84. The van der Waals surface area contributed by atoms with Gasteiger partial charge in [0.15, 0.2) is 0 Å². The highest BCUT2D eigenvalue weighted by Gasteiger charge is 2.60. The minimum atomic E-state index is -0.748. The van der Waals surface area contributed by atoms with Crippen LogP contribution in [0.5, 0.6) is 0 Å². The smallest absolute Gasteiger partial charge is 0.311 e. The van der Waals surface area contributed by atoms with Gasteiger partial charge in [-0.3, -0.25) is 14.5 Å². The average molecular weight is 373 g/mol. The molecule has 1 N–H and O–H groups in total. The molecule has 8 heteroatoms. The highest BCUT2D eigenvalue weighted by Crippen LogP contribution is 2.51. The Morgan fingerprint density at radius 1 is 1.19 bits per heavy atom. The predicted molar refractivity (Wildman–Crippen MR) is 99.3 cm³/mol. The van der Waals surface area contributed by atoms with E-state index in [9.17, 15) is 14.7 Å². The largest absolute Gasteiger partial charge is 0.481 e. The zero-order valence-electron chi connectivity index (χ0n) is 15.8. The topological polar surface area (TPSA) is 89.9 Å². The van der Waals surface area contributed by atoms with Gasteiger partial charge in [0, 0.05) is 50.7 Å². The van der Waals surface area contributed by atoms with Crippen molar-refractivity contribution in [3.05, 3.63) is 18.5 Å². The Bertz CT molecular complexity index is 707. The van der Waals surface area contributed by atoms with Gasteiger partial charge in [0.25, 0.3) is 0 Å². The van der Waals surface area contributed by atoms with Crippen LogP contribution in [0.2, 0.25) is 0 Å². The van der Waals surface area contributed by atoms with E-state index in [1.54, 1.807) is 18.5 Å². The number of nitrogens with zero attached hydrogens (tertiary/aromatic N) is 5. The highest BCUT2D eigenvalue weighted by atomic mass is 16.4. The summed E-state index contributed by atoms with van der Waals surface area (Å²) in [6.45, 7) is 5.45. The maximum absolute atomic E-state index is 13.0. The van der Waals surface area contributed by atoms with E-state index in [-0.39, 0.29) is 18.0 Å². The molecule has 3 aliphatic heterocycles. The van der Waals surface area contributed by atoms with Gasteiger partial charge in [-0.2, -0.15) is 0 Å². The molecular formula is C19H27N5O3. The molecule has 1 amide bonds. The van der Waals surface area contributed by atoms with E-state index < -0.39 is 11.4 Å². The molecule has 0 aromatic carbocycles. The molecule has 3 atom stereocenters. The lowest BCUT2D eigenvalue weighted by molar-refractivity contribution is -0.152. The number of hydrogen-bond acceptors (Lipinski definition) is 6. The Morgan fingerprint density at radius 3 is 2.48 bits per heavy atom. The third-order valence-corrected chi connectivity index (χ3v) is 6.65. The molecule has 8 nitrogen and oxygen atoms in total. The summed E-state index contributed by atoms with van der Waals surface area (Å²) in [5.74, 6) is 0.0743. The lowest BCUT2D eigenvalue weighted by Crippen LogP contribution is -2.52. The second-order valence-corrected chi connectivity index (χ2v) is 7.88.